The molecule has 1 atom stereocenters. The molecule has 4 aromatic rings. The van der Waals surface area contributed by atoms with Crippen LogP contribution in [0.15, 0.2) is 72.8 Å². The second-order valence-electron chi connectivity index (χ2n) is 9.95. The Morgan fingerprint density at radius 1 is 1.08 bits per heavy atom. The van der Waals surface area contributed by atoms with Gasteiger partial charge < -0.3 is 10.5 Å². The Morgan fingerprint density at radius 3 is 2.24 bits per heavy atom. The highest BCUT2D eigenvalue weighted by Gasteiger charge is 2.67. The maximum Gasteiger partial charge on any atom is 0.273 e. The molecule has 3 aliphatic rings. The number of anilines is 1. The minimum Gasteiger partial charge on any atom is -0.497 e. The van der Waals surface area contributed by atoms with Crippen LogP contribution in [0.25, 0.3) is 0 Å². The summed E-state index contributed by atoms with van der Waals surface area (Å²) in [6.07, 6.45) is 0.372. The summed E-state index contributed by atoms with van der Waals surface area (Å²) in [5.74, 6) is 0.303. The topological polar surface area (TPSA) is 126 Å². The lowest BCUT2D eigenvalue weighted by molar-refractivity contribution is -0.573. The van der Waals surface area contributed by atoms with Crippen LogP contribution in [0.2, 0.25) is 0 Å². The van der Waals surface area contributed by atoms with Crippen LogP contribution in [0.5, 0.6) is 5.75 Å². The molecule has 37 heavy (non-hydrogen) atoms. The van der Waals surface area contributed by atoms with Crippen molar-refractivity contribution in [1.29, 1.82) is 0 Å². The third kappa shape index (κ3) is 3.13. The minimum absolute atomic E-state index is 0.00234. The van der Waals surface area contributed by atoms with Gasteiger partial charge in [-0.2, -0.15) is 9.67 Å². The second-order valence-corrected chi connectivity index (χ2v) is 9.95. The number of hydrogen-bond acceptors (Lipinski definition) is 7. The molecular formula is C28H25N5O4. The average molecular weight is 496 g/mol. The summed E-state index contributed by atoms with van der Waals surface area (Å²) in [4.78, 5) is 31.2. The van der Waals surface area contributed by atoms with Gasteiger partial charge in [-0.1, -0.05) is 60.7 Å². The highest BCUT2D eigenvalue weighted by atomic mass is 16.6. The molecule has 9 nitrogen and oxygen atoms in total. The van der Waals surface area contributed by atoms with Gasteiger partial charge in [-0.05, 0) is 35.7 Å². The number of hydrogen-bond donors (Lipinski definition) is 1. The zero-order valence-electron chi connectivity index (χ0n) is 20.4. The van der Waals surface area contributed by atoms with Crippen molar-refractivity contribution in [3.8, 4) is 5.75 Å². The number of nitrogens with two attached hydrogens (primary N) is 1. The predicted octanol–water partition coefficient (Wildman–Crippen LogP) is 4.18. The lowest BCUT2D eigenvalue weighted by Gasteiger charge is -2.51. The Balaban J connectivity index is 1.45. The Hall–Kier alpha value is -4.53. The highest BCUT2D eigenvalue weighted by Crippen LogP contribution is 2.64. The maximum absolute atomic E-state index is 14.2. The molecule has 3 aromatic carbocycles. The molecule has 0 aliphatic heterocycles. The highest BCUT2D eigenvalue weighted by molar-refractivity contribution is 5.89. The average Bonchev–Trinajstić information content (AvgIpc) is 3.28. The fraction of sp³-hybridized carbons (Fsp3) is 0.250. The van der Waals surface area contributed by atoms with Gasteiger partial charge in [-0.25, -0.2) is 0 Å². The van der Waals surface area contributed by atoms with E-state index in [4.69, 9.17) is 10.5 Å². The molecule has 0 spiro atoms. The first-order valence-corrected chi connectivity index (χ1v) is 12.0. The molecule has 0 saturated carbocycles. The van der Waals surface area contributed by atoms with E-state index < -0.39 is 16.9 Å². The van der Waals surface area contributed by atoms with Crippen molar-refractivity contribution in [2.24, 2.45) is 5.41 Å². The first kappa shape index (κ1) is 22.9. The van der Waals surface area contributed by atoms with Gasteiger partial charge in [0, 0.05) is 34.8 Å². The molecule has 0 amide bonds. The zero-order valence-corrected chi connectivity index (χ0v) is 20.4. The van der Waals surface area contributed by atoms with Gasteiger partial charge in [-0.15, -0.1) is 5.10 Å². The molecule has 0 fully saturated rings. The molecule has 186 valence electrons. The van der Waals surface area contributed by atoms with Crippen molar-refractivity contribution >= 4 is 11.9 Å². The molecular weight excluding hydrogens is 470 g/mol. The lowest BCUT2D eigenvalue weighted by Crippen LogP contribution is -2.57. The molecule has 2 N–H and O–H groups in total. The number of benzene rings is 3. The summed E-state index contributed by atoms with van der Waals surface area (Å²) in [6, 6.07) is 22.2. The number of rotatable bonds is 5. The summed E-state index contributed by atoms with van der Waals surface area (Å²) < 4.78 is 6.33. The van der Waals surface area contributed by atoms with Gasteiger partial charge in [0.25, 0.3) is 11.4 Å². The van der Waals surface area contributed by atoms with Gasteiger partial charge in [-0.3, -0.25) is 14.9 Å². The van der Waals surface area contributed by atoms with Gasteiger partial charge in [0.15, 0.2) is 5.82 Å². The van der Waals surface area contributed by atoms with Crippen LogP contribution in [0.3, 0.4) is 0 Å². The number of carbonyl (C=O) groups is 1. The van der Waals surface area contributed by atoms with Crippen LogP contribution >= 0.6 is 0 Å². The van der Waals surface area contributed by atoms with E-state index in [0.29, 0.717) is 23.4 Å². The number of carbonyl (C=O) groups excluding carboxylic acids is 1. The van der Waals surface area contributed by atoms with Crippen molar-refractivity contribution in [2.45, 2.75) is 31.2 Å². The zero-order chi connectivity index (χ0) is 25.9. The van der Waals surface area contributed by atoms with Gasteiger partial charge in [0.05, 0.1) is 12.5 Å². The predicted molar refractivity (Wildman–Crippen MR) is 136 cm³/mol. The number of ether oxygens (including phenoxy) is 1. The fourth-order valence-corrected chi connectivity index (χ4v) is 6.29. The van der Waals surface area contributed by atoms with Crippen LogP contribution in [0, 0.1) is 15.5 Å². The van der Waals surface area contributed by atoms with Crippen LogP contribution in [0.4, 0.5) is 5.95 Å². The van der Waals surface area contributed by atoms with Crippen LogP contribution in [-0.4, -0.2) is 32.7 Å². The Bertz CT molecular complexity index is 1510. The summed E-state index contributed by atoms with van der Waals surface area (Å²) >= 11 is 0. The van der Waals surface area contributed by atoms with Crippen molar-refractivity contribution in [1.82, 2.24) is 14.8 Å². The van der Waals surface area contributed by atoms with Gasteiger partial charge >= 0.3 is 0 Å². The third-order valence-corrected chi connectivity index (χ3v) is 7.88. The van der Waals surface area contributed by atoms with Crippen LogP contribution in [0.1, 0.15) is 57.7 Å². The van der Waals surface area contributed by atoms with E-state index in [1.54, 1.807) is 14.0 Å². The molecule has 9 heteroatoms. The van der Waals surface area contributed by atoms with E-state index in [-0.39, 0.29) is 23.2 Å². The van der Waals surface area contributed by atoms with E-state index in [9.17, 15) is 14.9 Å². The van der Waals surface area contributed by atoms with Crippen molar-refractivity contribution in [3.63, 3.8) is 0 Å². The number of nitro groups is 1. The van der Waals surface area contributed by atoms with E-state index in [1.807, 2.05) is 72.8 Å². The number of fused-ring (bicyclic) bond motifs is 1. The summed E-state index contributed by atoms with van der Waals surface area (Å²) in [5, 5.41) is 17.3. The molecule has 1 aromatic heterocycles. The van der Waals surface area contributed by atoms with Crippen molar-refractivity contribution in [2.75, 3.05) is 12.8 Å². The van der Waals surface area contributed by atoms with Gasteiger partial charge in [0.2, 0.25) is 5.95 Å². The number of nitrogen functional groups attached to an aromatic ring is 1. The normalized spacial score (nSPS) is 23.2. The third-order valence-electron chi connectivity index (χ3n) is 7.88. The Labute approximate surface area is 213 Å². The monoisotopic (exact) mass is 495 g/mol. The Kier molecular flexibility index (Phi) is 4.95. The second kappa shape index (κ2) is 7.99. The van der Waals surface area contributed by atoms with Crippen molar-refractivity contribution < 1.29 is 14.5 Å². The van der Waals surface area contributed by atoms with Crippen LogP contribution in [-0.2, 0) is 12.0 Å². The van der Waals surface area contributed by atoms with Gasteiger partial charge in [0.1, 0.15) is 5.75 Å². The van der Waals surface area contributed by atoms with E-state index in [0.717, 1.165) is 27.1 Å². The summed E-state index contributed by atoms with van der Waals surface area (Å²) in [6.45, 7) is 1.79. The fourth-order valence-electron chi connectivity index (χ4n) is 6.29. The molecule has 3 aliphatic carbocycles. The number of aromatic nitrogens is 3. The van der Waals surface area contributed by atoms with E-state index in [2.05, 4.69) is 10.1 Å². The van der Waals surface area contributed by atoms with Crippen LogP contribution < -0.4 is 10.5 Å². The smallest absolute Gasteiger partial charge is 0.273 e. The molecule has 2 bridgehead atoms. The standard InChI is InChI=1S/C28H25N5O4/c1-27(25(34)32-26(29)30-23(31-32)15-17-11-13-18(37-2)14-12-17)16-28(33(35)36)21-9-5-3-7-19(21)24(27)20-8-4-6-10-22(20)28/h3-14,24H,15-16H2,1-2H3,(H2,29,30,31). The lowest BCUT2D eigenvalue weighted by atomic mass is 9.49. The number of methoxy groups -OCH3 is 1. The minimum atomic E-state index is -1.55. The van der Waals surface area contributed by atoms with E-state index in [1.165, 1.54) is 0 Å². The molecule has 0 saturated heterocycles. The molecule has 1 unspecified atom stereocenters. The van der Waals surface area contributed by atoms with Crippen molar-refractivity contribution in [3.05, 3.63) is 117 Å². The molecule has 0 radical (unpaired) electrons. The summed E-state index contributed by atoms with van der Waals surface area (Å²) in [7, 11) is 1.60. The maximum atomic E-state index is 14.2. The molecule has 1 heterocycles. The quantitative estimate of drug-likeness (QED) is 0.325. The Morgan fingerprint density at radius 2 is 1.68 bits per heavy atom. The molecule has 7 rings (SSSR count). The largest absolute Gasteiger partial charge is 0.497 e. The SMILES string of the molecule is COc1ccc(Cc2nc(N)n(C(=O)C3(C)CC4([N+](=O)[O-])c5ccccc5C3c3ccccc34)n2)cc1. The number of nitrogens with zero attached hydrogens (tertiary/aromatic N) is 4. The first-order valence-electron chi connectivity index (χ1n) is 12.0. The first-order chi connectivity index (χ1) is 17.8. The van der Waals surface area contributed by atoms with E-state index >= 15 is 0 Å². The summed E-state index contributed by atoms with van der Waals surface area (Å²) in [5.41, 5.74) is 7.27.